The molecule has 1 aliphatic rings. The van der Waals surface area contributed by atoms with Gasteiger partial charge in [-0.2, -0.15) is 5.10 Å². The van der Waals surface area contributed by atoms with Gasteiger partial charge in [-0.25, -0.2) is 0 Å². The number of aryl methyl sites for hydroxylation is 1. The summed E-state index contributed by atoms with van der Waals surface area (Å²) in [4.78, 5) is 13.1. The molecule has 0 unspecified atom stereocenters. The average molecular weight is 298 g/mol. The second-order valence-corrected chi connectivity index (χ2v) is 6.20. The van der Waals surface area contributed by atoms with E-state index in [-0.39, 0.29) is 5.78 Å². The highest BCUT2D eigenvalue weighted by Gasteiger charge is 2.40. The highest BCUT2D eigenvalue weighted by molar-refractivity contribution is 6.33. The molecule has 0 amide bonds. The molecule has 5 heteroatoms. The summed E-state index contributed by atoms with van der Waals surface area (Å²) >= 11 is 6.21. The monoisotopic (exact) mass is 297 g/mol. The minimum absolute atomic E-state index is 0.0952. The van der Waals surface area contributed by atoms with Crippen molar-refractivity contribution in [3.05, 3.63) is 16.9 Å². The summed E-state index contributed by atoms with van der Waals surface area (Å²) in [5.74, 6) is 0.0952. The summed E-state index contributed by atoms with van der Waals surface area (Å²) in [7, 11) is 0. The Balaban J connectivity index is 2.34. The van der Waals surface area contributed by atoms with Crippen molar-refractivity contribution in [1.29, 1.82) is 0 Å². The highest BCUT2D eigenvalue weighted by atomic mass is 35.5. The van der Waals surface area contributed by atoms with Crippen molar-refractivity contribution in [2.24, 2.45) is 11.1 Å². The molecule has 0 saturated heterocycles. The van der Waals surface area contributed by atoms with E-state index in [0.717, 1.165) is 32.1 Å². The smallest absolute Gasteiger partial charge is 0.189 e. The Morgan fingerprint density at radius 2 is 2.05 bits per heavy atom. The van der Waals surface area contributed by atoms with Crippen molar-refractivity contribution in [3.63, 3.8) is 0 Å². The van der Waals surface area contributed by atoms with Crippen LogP contribution in [0, 0.1) is 5.41 Å². The van der Waals surface area contributed by atoms with Crippen LogP contribution >= 0.6 is 11.6 Å². The Kier molecular flexibility index (Phi) is 5.22. The lowest BCUT2D eigenvalue weighted by Gasteiger charge is -2.30. The van der Waals surface area contributed by atoms with Crippen LogP contribution in [0.1, 0.15) is 62.4 Å². The number of nitrogens with zero attached hydrogens (tertiary/aromatic N) is 2. The molecular formula is C15H24ClN3O. The standard InChI is InChI=1S/C15H24ClN3O/c1-2-9-19-13(12(16)10-18-19)14(20)15(11-17)7-5-3-4-6-8-15/h10H,2-9,11,17H2,1H3. The first kappa shape index (κ1) is 15.5. The largest absolute Gasteiger partial charge is 0.329 e. The van der Waals surface area contributed by atoms with Crippen molar-refractivity contribution in [3.8, 4) is 0 Å². The molecule has 0 spiro atoms. The Hall–Kier alpha value is -0.870. The number of rotatable bonds is 5. The van der Waals surface area contributed by atoms with Gasteiger partial charge in [0.05, 0.1) is 11.2 Å². The van der Waals surface area contributed by atoms with E-state index >= 15 is 0 Å². The van der Waals surface area contributed by atoms with Crippen molar-refractivity contribution < 1.29 is 4.79 Å². The van der Waals surface area contributed by atoms with E-state index in [0.29, 0.717) is 23.8 Å². The Morgan fingerprint density at radius 3 is 2.60 bits per heavy atom. The molecule has 0 aliphatic heterocycles. The number of ketones is 1. The molecular weight excluding hydrogens is 274 g/mol. The van der Waals surface area contributed by atoms with Crippen molar-refractivity contribution in [2.45, 2.75) is 58.4 Å². The fourth-order valence-electron chi connectivity index (χ4n) is 3.15. The first-order chi connectivity index (χ1) is 9.64. The van der Waals surface area contributed by atoms with Crippen molar-refractivity contribution in [1.82, 2.24) is 9.78 Å². The number of aromatic nitrogens is 2. The molecule has 0 aromatic carbocycles. The maximum Gasteiger partial charge on any atom is 0.189 e. The highest BCUT2D eigenvalue weighted by Crippen LogP contribution is 2.38. The van der Waals surface area contributed by atoms with Gasteiger partial charge in [0.1, 0.15) is 5.69 Å². The zero-order valence-corrected chi connectivity index (χ0v) is 13.0. The molecule has 20 heavy (non-hydrogen) atoms. The third kappa shape index (κ3) is 2.91. The maximum atomic E-state index is 13.1. The summed E-state index contributed by atoms with van der Waals surface area (Å²) in [5.41, 5.74) is 6.11. The van der Waals surface area contributed by atoms with E-state index in [2.05, 4.69) is 12.0 Å². The first-order valence-electron chi connectivity index (χ1n) is 7.61. The topological polar surface area (TPSA) is 60.9 Å². The van der Waals surface area contributed by atoms with Crippen LogP contribution in [0.5, 0.6) is 0 Å². The van der Waals surface area contributed by atoms with Gasteiger partial charge < -0.3 is 5.73 Å². The van der Waals surface area contributed by atoms with Crippen LogP contribution in [0.4, 0.5) is 0 Å². The van der Waals surface area contributed by atoms with Gasteiger partial charge in [0.25, 0.3) is 0 Å². The van der Waals surface area contributed by atoms with Gasteiger partial charge in [0.15, 0.2) is 5.78 Å². The molecule has 1 aromatic rings. The number of hydrogen-bond donors (Lipinski definition) is 1. The fraction of sp³-hybridized carbons (Fsp3) is 0.733. The van der Waals surface area contributed by atoms with Crippen LogP contribution in [0.25, 0.3) is 0 Å². The van der Waals surface area contributed by atoms with E-state index in [1.165, 1.54) is 12.8 Å². The van der Waals surface area contributed by atoms with Crippen LogP contribution in [-0.4, -0.2) is 22.1 Å². The Morgan fingerprint density at radius 1 is 1.40 bits per heavy atom. The molecule has 1 fully saturated rings. The van der Waals surface area contributed by atoms with Gasteiger partial charge in [-0.05, 0) is 19.3 Å². The molecule has 4 nitrogen and oxygen atoms in total. The summed E-state index contributed by atoms with van der Waals surface area (Å²) < 4.78 is 1.74. The molecule has 2 N–H and O–H groups in total. The second-order valence-electron chi connectivity index (χ2n) is 5.79. The Labute approximate surface area is 125 Å². The van der Waals surface area contributed by atoms with Crippen LogP contribution in [0.2, 0.25) is 5.02 Å². The average Bonchev–Trinajstić information content (AvgIpc) is 2.68. The van der Waals surface area contributed by atoms with Crippen molar-refractivity contribution in [2.75, 3.05) is 6.54 Å². The molecule has 0 atom stereocenters. The minimum atomic E-state index is -0.439. The molecule has 0 bridgehead atoms. The van der Waals surface area contributed by atoms with Gasteiger partial charge in [-0.3, -0.25) is 9.48 Å². The quantitative estimate of drug-likeness (QED) is 0.669. The number of halogens is 1. The summed E-state index contributed by atoms with van der Waals surface area (Å²) in [5, 5.41) is 4.69. The van der Waals surface area contributed by atoms with Gasteiger partial charge in [0.2, 0.25) is 0 Å². The lowest BCUT2D eigenvalue weighted by atomic mass is 9.75. The predicted octanol–water partition coefficient (Wildman–Crippen LogP) is 3.43. The summed E-state index contributed by atoms with van der Waals surface area (Å²) in [6.45, 7) is 3.18. The van der Waals surface area contributed by atoms with E-state index in [1.54, 1.807) is 10.9 Å². The molecule has 0 radical (unpaired) electrons. The van der Waals surface area contributed by atoms with Crippen LogP contribution in [0.15, 0.2) is 6.20 Å². The zero-order valence-electron chi connectivity index (χ0n) is 12.2. The van der Waals surface area contributed by atoms with Gasteiger partial charge >= 0.3 is 0 Å². The number of carbonyl (C=O) groups is 1. The summed E-state index contributed by atoms with van der Waals surface area (Å²) in [6.07, 6.45) is 8.77. The second kappa shape index (κ2) is 6.72. The fourth-order valence-corrected chi connectivity index (χ4v) is 3.38. The van der Waals surface area contributed by atoms with Gasteiger partial charge in [-0.15, -0.1) is 0 Å². The van der Waals surface area contributed by atoms with Crippen LogP contribution in [0.3, 0.4) is 0 Å². The molecule has 112 valence electrons. The minimum Gasteiger partial charge on any atom is -0.329 e. The van der Waals surface area contributed by atoms with E-state index < -0.39 is 5.41 Å². The zero-order chi connectivity index (χ0) is 14.6. The van der Waals surface area contributed by atoms with Gasteiger partial charge in [-0.1, -0.05) is 44.2 Å². The number of carbonyl (C=O) groups excluding carboxylic acids is 1. The third-order valence-electron chi connectivity index (χ3n) is 4.38. The summed E-state index contributed by atoms with van der Waals surface area (Å²) in [6, 6.07) is 0. The lowest BCUT2D eigenvalue weighted by Crippen LogP contribution is -2.39. The van der Waals surface area contributed by atoms with Crippen LogP contribution in [-0.2, 0) is 6.54 Å². The SMILES string of the molecule is CCCn1ncc(Cl)c1C(=O)C1(CN)CCCCCC1. The number of hydrogen-bond acceptors (Lipinski definition) is 3. The van der Waals surface area contributed by atoms with E-state index in [4.69, 9.17) is 17.3 Å². The molecule has 1 heterocycles. The van der Waals surface area contributed by atoms with Crippen molar-refractivity contribution >= 4 is 17.4 Å². The number of nitrogens with two attached hydrogens (primary N) is 1. The van der Waals surface area contributed by atoms with Gasteiger partial charge in [0, 0.05) is 18.5 Å². The Bertz CT molecular complexity index is 462. The number of Topliss-reactive ketones (excluding diaryl/α,β-unsaturated/α-hetero) is 1. The molecule has 1 saturated carbocycles. The third-order valence-corrected chi connectivity index (χ3v) is 4.65. The first-order valence-corrected chi connectivity index (χ1v) is 7.98. The molecule has 2 rings (SSSR count). The van der Waals surface area contributed by atoms with E-state index in [9.17, 15) is 4.79 Å². The molecule has 1 aromatic heterocycles. The normalized spacial score (nSPS) is 18.8. The lowest BCUT2D eigenvalue weighted by molar-refractivity contribution is 0.0762. The maximum absolute atomic E-state index is 13.1. The molecule has 1 aliphatic carbocycles. The van der Waals surface area contributed by atoms with Crippen LogP contribution < -0.4 is 5.73 Å². The van der Waals surface area contributed by atoms with E-state index in [1.807, 2.05) is 0 Å². The predicted molar refractivity (Wildman–Crippen MR) is 81.0 cm³/mol.